The molecule has 4 nitrogen and oxygen atoms in total. The molecule has 0 saturated heterocycles. The minimum absolute atomic E-state index is 0.213. The van der Waals surface area contributed by atoms with Crippen LogP contribution in [0.2, 0.25) is 0 Å². The lowest BCUT2D eigenvalue weighted by molar-refractivity contribution is -0.142. The number of esters is 1. The maximum Gasteiger partial charge on any atom is 0.319 e. The van der Waals surface area contributed by atoms with Gasteiger partial charge in [0, 0.05) is 12.6 Å². The summed E-state index contributed by atoms with van der Waals surface area (Å²) in [5.74, 6) is -0.213. The fraction of sp³-hybridized carbons (Fsp3) is 0.917. The van der Waals surface area contributed by atoms with Crippen molar-refractivity contribution in [3.63, 3.8) is 0 Å². The van der Waals surface area contributed by atoms with E-state index in [1.165, 1.54) is 20.0 Å². The Kier molecular flexibility index (Phi) is 5.77. The van der Waals surface area contributed by atoms with Crippen molar-refractivity contribution in [2.75, 3.05) is 20.2 Å². The molecular weight excluding hydrogens is 206 g/mol. The van der Waals surface area contributed by atoms with Gasteiger partial charge in [0.25, 0.3) is 0 Å². The molecule has 1 atom stereocenters. The molecule has 0 spiro atoms. The van der Waals surface area contributed by atoms with Gasteiger partial charge in [-0.25, -0.2) is 0 Å². The molecule has 0 aromatic carbocycles. The minimum atomic E-state index is -0.342. The zero-order valence-electron chi connectivity index (χ0n) is 10.3. The standard InChI is InChI=1S/C12H23NO3/c1-3-11(14)8-13(9-12(15)16-2)10-6-4-5-7-10/h10-11,14H,3-9H2,1-2H3. The highest BCUT2D eigenvalue weighted by Crippen LogP contribution is 2.23. The van der Waals surface area contributed by atoms with Gasteiger partial charge >= 0.3 is 5.97 Å². The molecule has 1 fully saturated rings. The first kappa shape index (κ1) is 13.5. The number of hydrogen-bond donors (Lipinski definition) is 1. The fourth-order valence-corrected chi connectivity index (χ4v) is 2.24. The van der Waals surface area contributed by atoms with Gasteiger partial charge in [-0.1, -0.05) is 19.8 Å². The van der Waals surface area contributed by atoms with Gasteiger partial charge in [0.2, 0.25) is 0 Å². The average molecular weight is 229 g/mol. The molecule has 0 bridgehead atoms. The van der Waals surface area contributed by atoms with Crippen LogP contribution in [0.4, 0.5) is 0 Å². The van der Waals surface area contributed by atoms with Crippen LogP contribution in [-0.2, 0) is 9.53 Å². The SMILES string of the molecule is CCC(O)CN(CC(=O)OC)C1CCCC1. The van der Waals surface area contributed by atoms with Crippen molar-refractivity contribution in [1.82, 2.24) is 4.90 Å². The molecule has 0 aromatic rings. The summed E-state index contributed by atoms with van der Waals surface area (Å²) >= 11 is 0. The third-order valence-electron chi connectivity index (χ3n) is 3.32. The summed E-state index contributed by atoms with van der Waals surface area (Å²) in [5, 5.41) is 9.68. The second kappa shape index (κ2) is 6.86. The van der Waals surface area contributed by atoms with Crippen LogP contribution in [0.3, 0.4) is 0 Å². The molecule has 4 heteroatoms. The van der Waals surface area contributed by atoms with E-state index < -0.39 is 0 Å². The van der Waals surface area contributed by atoms with Crippen LogP contribution in [0, 0.1) is 0 Å². The number of aliphatic hydroxyl groups is 1. The highest BCUT2D eigenvalue weighted by atomic mass is 16.5. The van der Waals surface area contributed by atoms with E-state index in [1.807, 2.05) is 6.92 Å². The maximum atomic E-state index is 11.3. The summed E-state index contributed by atoms with van der Waals surface area (Å²) in [4.78, 5) is 13.4. The zero-order chi connectivity index (χ0) is 12.0. The first-order valence-corrected chi connectivity index (χ1v) is 6.16. The van der Waals surface area contributed by atoms with Crippen LogP contribution in [0.5, 0.6) is 0 Å². The van der Waals surface area contributed by atoms with Crippen molar-refractivity contribution in [2.24, 2.45) is 0 Å². The van der Waals surface area contributed by atoms with Crippen LogP contribution < -0.4 is 0 Å². The molecule has 1 aliphatic rings. The molecule has 1 aliphatic carbocycles. The predicted octanol–water partition coefficient (Wildman–Crippen LogP) is 1.17. The highest BCUT2D eigenvalue weighted by molar-refractivity contribution is 5.71. The highest BCUT2D eigenvalue weighted by Gasteiger charge is 2.25. The number of carbonyl (C=O) groups is 1. The second-order valence-electron chi connectivity index (χ2n) is 4.51. The van der Waals surface area contributed by atoms with E-state index in [4.69, 9.17) is 4.74 Å². The van der Waals surface area contributed by atoms with E-state index in [0.717, 1.165) is 19.3 Å². The van der Waals surface area contributed by atoms with Gasteiger partial charge in [0.1, 0.15) is 0 Å². The van der Waals surface area contributed by atoms with Gasteiger partial charge in [-0.15, -0.1) is 0 Å². The number of carbonyl (C=O) groups excluding carboxylic acids is 1. The Morgan fingerprint density at radius 2 is 2.12 bits per heavy atom. The number of ether oxygens (including phenoxy) is 1. The molecule has 94 valence electrons. The van der Waals surface area contributed by atoms with Gasteiger partial charge in [-0.05, 0) is 19.3 Å². The average Bonchev–Trinajstić information content (AvgIpc) is 2.81. The summed E-state index contributed by atoms with van der Waals surface area (Å²) in [5.41, 5.74) is 0. The lowest BCUT2D eigenvalue weighted by Crippen LogP contribution is -2.42. The normalized spacial score (nSPS) is 19.0. The van der Waals surface area contributed by atoms with E-state index in [-0.39, 0.29) is 12.1 Å². The summed E-state index contributed by atoms with van der Waals surface area (Å²) < 4.78 is 4.69. The third-order valence-corrected chi connectivity index (χ3v) is 3.32. The van der Waals surface area contributed by atoms with Gasteiger partial charge in [0.05, 0.1) is 19.8 Å². The number of rotatable bonds is 6. The zero-order valence-corrected chi connectivity index (χ0v) is 10.3. The summed E-state index contributed by atoms with van der Waals surface area (Å²) in [6, 6.07) is 0.445. The Morgan fingerprint density at radius 3 is 2.62 bits per heavy atom. The largest absolute Gasteiger partial charge is 0.468 e. The summed E-state index contributed by atoms with van der Waals surface area (Å²) in [7, 11) is 1.41. The van der Waals surface area contributed by atoms with Gasteiger partial charge < -0.3 is 9.84 Å². The predicted molar refractivity (Wildman–Crippen MR) is 62.1 cm³/mol. The first-order chi connectivity index (χ1) is 7.67. The monoisotopic (exact) mass is 229 g/mol. The number of nitrogens with zero attached hydrogens (tertiary/aromatic N) is 1. The molecule has 1 rings (SSSR count). The lowest BCUT2D eigenvalue weighted by atomic mass is 10.1. The van der Waals surface area contributed by atoms with E-state index >= 15 is 0 Å². The van der Waals surface area contributed by atoms with Crippen LogP contribution in [0.25, 0.3) is 0 Å². The molecule has 16 heavy (non-hydrogen) atoms. The van der Waals surface area contributed by atoms with Crippen molar-refractivity contribution in [3.05, 3.63) is 0 Å². The Hall–Kier alpha value is -0.610. The maximum absolute atomic E-state index is 11.3. The molecule has 0 aliphatic heterocycles. The smallest absolute Gasteiger partial charge is 0.319 e. The van der Waals surface area contributed by atoms with Crippen LogP contribution >= 0.6 is 0 Å². The number of aliphatic hydroxyl groups excluding tert-OH is 1. The van der Waals surface area contributed by atoms with Crippen LogP contribution in [-0.4, -0.2) is 48.3 Å². The van der Waals surface area contributed by atoms with Crippen molar-refractivity contribution in [2.45, 2.75) is 51.2 Å². The summed E-state index contributed by atoms with van der Waals surface area (Å²) in [6.45, 7) is 2.84. The van der Waals surface area contributed by atoms with Crippen molar-refractivity contribution >= 4 is 5.97 Å². The molecule has 1 saturated carbocycles. The van der Waals surface area contributed by atoms with E-state index in [2.05, 4.69) is 4.90 Å². The molecule has 0 aromatic heterocycles. The van der Waals surface area contributed by atoms with Gasteiger partial charge in [-0.3, -0.25) is 9.69 Å². The Balaban J connectivity index is 2.49. The Labute approximate surface area is 97.6 Å². The lowest BCUT2D eigenvalue weighted by Gasteiger charge is -2.29. The molecule has 1 N–H and O–H groups in total. The first-order valence-electron chi connectivity index (χ1n) is 6.16. The molecule has 0 radical (unpaired) electrons. The van der Waals surface area contributed by atoms with Crippen molar-refractivity contribution in [1.29, 1.82) is 0 Å². The van der Waals surface area contributed by atoms with E-state index in [9.17, 15) is 9.90 Å². The fourth-order valence-electron chi connectivity index (χ4n) is 2.24. The minimum Gasteiger partial charge on any atom is -0.468 e. The molecule has 0 amide bonds. The number of methoxy groups -OCH3 is 1. The molecule has 1 unspecified atom stereocenters. The van der Waals surface area contributed by atoms with Crippen LogP contribution in [0.1, 0.15) is 39.0 Å². The third kappa shape index (κ3) is 4.10. The quantitative estimate of drug-likeness (QED) is 0.695. The van der Waals surface area contributed by atoms with E-state index in [1.54, 1.807) is 0 Å². The topological polar surface area (TPSA) is 49.8 Å². The number of hydrogen-bond acceptors (Lipinski definition) is 4. The Bertz CT molecular complexity index is 214. The molecular formula is C12H23NO3. The van der Waals surface area contributed by atoms with Crippen LogP contribution in [0.15, 0.2) is 0 Å². The van der Waals surface area contributed by atoms with Crippen molar-refractivity contribution < 1.29 is 14.6 Å². The summed E-state index contributed by atoms with van der Waals surface area (Å²) in [6.07, 6.45) is 5.10. The van der Waals surface area contributed by atoms with E-state index in [0.29, 0.717) is 19.1 Å². The van der Waals surface area contributed by atoms with Gasteiger partial charge in [0.15, 0.2) is 0 Å². The second-order valence-corrected chi connectivity index (χ2v) is 4.51. The molecule has 0 heterocycles. The van der Waals surface area contributed by atoms with Gasteiger partial charge in [-0.2, -0.15) is 0 Å². The Morgan fingerprint density at radius 1 is 1.50 bits per heavy atom. The van der Waals surface area contributed by atoms with Crippen molar-refractivity contribution in [3.8, 4) is 0 Å².